The summed E-state index contributed by atoms with van der Waals surface area (Å²) in [5.74, 6) is 0.960. The lowest BCUT2D eigenvalue weighted by molar-refractivity contribution is -0.128. The van der Waals surface area contributed by atoms with Gasteiger partial charge in [-0.1, -0.05) is 18.8 Å². The summed E-state index contributed by atoms with van der Waals surface area (Å²) in [7, 11) is -3.42. The molecule has 0 spiro atoms. The van der Waals surface area contributed by atoms with Crippen molar-refractivity contribution < 1.29 is 13.2 Å². The fourth-order valence-electron chi connectivity index (χ4n) is 1.78. The molecule has 1 heterocycles. The maximum Gasteiger partial charge on any atom is 0.237 e. The van der Waals surface area contributed by atoms with Crippen LogP contribution in [0.25, 0.3) is 0 Å². The molecule has 0 radical (unpaired) electrons. The van der Waals surface area contributed by atoms with Crippen LogP contribution < -0.4 is 0 Å². The van der Waals surface area contributed by atoms with Crippen LogP contribution in [-0.4, -0.2) is 43.8 Å². The summed E-state index contributed by atoms with van der Waals surface area (Å²) in [5, 5.41) is 0. The van der Waals surface area contributed by atoms with Crippen LogP contribution in [0, 0.1) is 12.3 Å². The van der Waals surface area contributed by atoms with Crippen LogP contribution in [0.15, 0.2) is 0 Å². The summed E-state index contributed by atoms with van der Waals surface area (Å²) in [6.07, 6.45) is 9.08. The van der Waals surface area contributed by atoms with Gasteiger partial charge in [0, 0.05) is 13.1 Å². The van der Waals surface area contributed by atoms with Gasteiger partial charge >= 0.3 is 0 Å². The van der Waals surface area contributed by atoms with Gasteiger partial charge in [0.2, 0.25) is 5.91 Å². The standard InChI is InChI=1S/C11H17NO3S/c1-2-9-16(14,15)10-11(13)12-7-5-3-4-6-8-12/h1H,3-10H2. The zero-order valence-electron chi connectivity index (χ0n) is 9.31. The van der Waals surface area contributed by atoms with Gasteiger partial charge in [-0.15, -0.1) is 6.42 Å². The van der Waals surface area contributed by atoms with E-state index in [0.717, 1.165) is 25.7 Å². The van der Waals surface area contributed by atoms with Crippen molar-refractivity contribution in [1.82, 2.24) is 4.90 Å². The predicted octanol–water partition coefficient (Wildman–Crippen LogP) is 0.437. The van der Waals surface area contributed by atoms with Gasteiger partial charge in [0.25, 0.3) is 0 Å². The number of hydrogen-bond acceptors (Lipinski definition) is 3. The minimum Gasteiger partial charge on any atom is -0.342 e. The van der Waals surface area contributed by atoms with E-state index in [4.69, 9.17) is 6.42 Å². The van der Waals surface area contributed by atoms with Crippen LogP contribution in [0.3, 0.4) is 0 Å². The summed E-state index contributed by atoms with van der Waals surface area (Å²) in [6.45, 7) is 1.34. The Morgan fingerprint density at radius 2 is 1.75 bits per heavy atom. The van der Waals surface area contributed by atoms with Crippen molar-refractivity contribution in [3.8, 4) is 12.3 Å². The molecule has 0 aliphatic carbocycles. The van der Waals surface area contributed by atoms with Gasteiger partial charge in [-0.05, 0) is 12.8 Å². The third kappa shape index (κ3) is 4.23. The Balaban J connectivity index is 2.54. The highest BCUT2D eigenvalue weighted by molar-refractivity contribution is 7.92. The van der Waals surface area contributed by atoms with Crippen molar-refractivity contribution in [2.75, 3.05) is 24.6 Å². The molecule has 0 aromatic heterocycles. The Hall–Kier alpha value is -1.02. The molecule has 0 aromatic rings. The molecule has 90 valence electrons. The molecule has 1 saturated heterocycles. The van der Waals surface area contributed by atoms with E-state index in [0.29, 0.717) is 13.1 Å². The average Bonchev–Trinajstić information content (AvgIpc) is 2.44. The number of amides is 1. The summed E-state index contributed by atoms with van der Waals surface area (Å²) in [6, 6.07) is 0. The molecule has 1 amide bonds. The Labute approximate surface area is 96.9 Å². The molecule has 1 rings (SSSR count). The predicted molar refractivity (Wildman–Crippen MR) is 62.5 cm³/mol. The van der Waals surface area contributed by atoms with Crippen molar-refractivity contribution in [3.63, 3.8) is 0 Å². The molecule has 0 saturated carbocycles. The van der Waals surface area contributed by atoms with Crippen LogP contribution in [0.4, 0.5) is 0 Å². The largest absolute Gasteiger partial charge is 0.342 e. The Bertz CT molecular complexity index is 373. The Morgan fingerprint density at radius 1 is 1.19 bits per heavy atom. The number of sulfone groups is 1. The number of rotatable bonds is 3. The highest BCUT2D eigenvalue weighted by Crippen LogP contribution is 2.10. The monoisotopic (exact) mass is 243 g/mol. The number of carbonyl (C=O) groups excluding carboxylic acids is 1. The maximum absolute atomic E-state index is 11.7. The van der Waals surface area contributed by atoms with Gasteiger partial charge in [-0.2, -0.15) is 0 Å². The lowest BCUT2D eigenvalue weighted by Crippen LogP contribution is -2.36. The van der Waals surface area contributed by atoms with E-state index in [1.165, 1.54) is 0 Å². The van der Waals surface area contributed by atoms with Crippen LogP contribution in [0.1, 0.15) is 25.7 Å². The van der Waals surface area contributed by atoms with Crippen LogP contribution in [-0.2, 0) is 14.6 Å². The molecule has 0 aromatic carbocycles. The fourth-order valence-corrected chi connectivity index (χ4v) is 2.69. The van der Waals surface area contributed by atoms with Gasteiger partial charge in [0.05, 0.1) is 0 Å². The zero-order chi connectivity index (χ0) is 12.0. The molecule has 5 heteroatoms. The van der Waals surface area contributed by atoms with Crippen molar-refractivity contribution in [2.24, 2.45) is 0 Å². The first-order valence-corrected chi connectivity index (χ1v) is 7.29. The van der Waals surface area contributed by atoms with Gasteiger partial charge in [0.1, 0.15) is 11.5 Å². The number of hydrogen-bond donors (Lipinski definition) is 0. The Morgan fingerprint density at radius 3 is 2.25 bits per heavy atom. The van der Waals surface area contributed by atoms with Crippen molar-refractivity contribution in [1.29, 1.82) is 0 Å². The van der Waals surface area contributed by atoms with E-state index in [-0.39, 0.29) is 11.7 Å². The van der Waals surface area contributed by atoms with Crippen molar-refractivity contribution in [3.05, 3.63) is 0 Å². The van der Waals surface area contributed by atoms with Gasteiger partial charge in [-0.3, -0.25) is 4.79 Å². The molecule has 0 N–H and O–H groups in total. The third-order valence-electron chi connectivity index (χ3n) is 2.61. The van der Waals surface area contributed by atoms with Gasteiger partial charge in [-0.25, -0.2) is 8.42 Å². The van der Waals surface area contributed by atoms with E-state index in [9.17, 15) is 13.2 Å². The van der Waals surface area contributed by atoms with Crippen LogP contribution >= 0.6 is 0 Å². The molecular weight excluding hydrogens is 226 g/mol. The third-order valence-corrected chi connectivity index (χ3v) is 3.90. The van der Waals surface area contributed by atoms with Crippen LogP contribution in [0.5, 0.6) is 0 Å². The highest BCUT2D eigenvalue weighted by Gasteiger charge is 2.21. The summed E-state index contributed by atoms with van der Waals surface area (Å²) < 4.78 is 22.8. The van der Waals surface area contributed by atoms with E-state index in [1.54, 1.807) is 4.90 Å². The number of terminal acetylenes is 1. The van der Waals surface area contributed by atoms with E-state index in [1.807, 2.05) is 0 Å². The SMILES string of the molecule is C#CCS(=O)(=O)CC(=O)N1CCCCCC1. The molecule has 16 heavy (non-hydrogen) atoms. The second-order valence-corrected chi connectivity index (χ2v) is 6.10. The van der Waals surface area contributed by atoms with Crippen molar-refractivity contribution in [2.45, 2.75) is 25.7 Å². The summed E-state index contributed by atoms with van der Waals surface area (Å²) >= 11 is 0. The molecule has 4 nitrogen and oxygen atoms in total. The molecule has 0 bridgehead atoms. The molecule has 0 atom stereocenters. The molecule has 1 aliphatic heterocycles. The smallest absolute Gasteiger partial charge is 0.237 e. The Kier molecular flexibility index (Phi) is 4.81. The van der Waals surface area contributed by atoms with E-state index < -0.39 is 15.6 Å². The molecule has 1 aliphatic rings. The first-order valence-electron chi connectivity index (χ1n) is 5.47. The topological polar surface area (TPSA) is 54.5 Å². The minimum absolute atomic E-state index is 0.308. The van der Waals surface area contributed by atoms with Gasteiger partial charge in [0.15, 0.2) is 9.84 Å². The zero-order valence-corrected chi connectivity index (χ0v) is 10.1. The normalized spacial score (nSPS) is 17.6. The van der Waals surface area contributed by atoms with Gasteiger partial charge < -0.3 is 4.90 Å². The maximum atomic E-state index is 11.7. The molecule has 0 unspecified atom stereocenters. The second kappa shape index (κ2) is 5.90. The summed E-state index contributed by atoms with van der Waals surface area (Å²) in [5.41, 5.74) is 0. The quantitative estimate of drug-likeness (QED) is 0.676. The highest BCUT2D eigenvalue weighted by atomic mass is 32.2. The summed E-state index contributed by atoms with van der Waals surface area (Å²) in [4.78, 5) is 13.4. The molecular formula is C11H17NO3S. The number of nitrogens with zero attached hydrogens (tertiary/aromatic N) is 1. The number of carbonyl (C=O) groups is 1. The number of likely N-dealkylation sites (tertiary alicyclic amines) is 1. The van der Waals surface area contributed by atoms with E-state index >= 15 is 0 Å². The minimum atomic E-state index is -3.42. The lowest BCUT2D eigenvalue weighted by atomic mass is 10.2. The fraction of sp³-hybridized carbons (Fsp3) is 0.727. The van der Waals surface area contributed by atoms with Crippen LogP contribution in [0.2, 0.25) is 0 Å². The first-order chi connectivity index (χ1) is 7.55. The first kappa shape index (κ1) is 13.0. The molecule has 1 fully saturated rings. The van der Waals surface area contributed by atoms with E-state index in [2.05, 4.69) is 5.92 Å². The average molecular weight is 243 g/mol. The van der Waals surface area contributed by atoms with Crippen molar-refractivity contribution >= 4 is 15.7 Å². The second-order valence-electron chi connectivity index (χ2n) is 4.03. The lowest BCUT2D eigenvalue weighted by Gasteiger charge is -2.19.